The van der Waals surface area contributed by atoms with Crippen LogP contribution in [-0.2, 0) is 34.9 Å². The van der Waals surface area contributed by atoms with Crippen LogP contribution in [-0.4, -0.2) is 69.6 Å². The van der Waals surface area contributed by atoms with Crippen molar-refractivity contribution in [3.63, 3.8) is 0 Å². The molecule has 0 saturated heterocycles. The fraction of sp³-hybridized carbons (Fsp3) is 0.600. The Morgan fingerprint density at radius 1 is 0.811 bits per heavy atom. The summed E-state index contributed by atoms with van der Waals surface area (Å²) in [6.45, 7) is 10.7. The number of nitrogens with one attached hydrogen (secondary N) is 1. The van der Waals surface area contributed by atoms with E-state index in [9.17, 15) is 19.2 Å². The standard InChI is InChI=1S/C25H37NO11/c1-15(2)14-33-23(28)32-11-10-26-19(22(27)31-7)12-18-8-9-20(36-24(29)34-16(3)4)21(13-18)37-25(30)35-17(5)6/h8-9,13,15-17,19,26H,10-12,14H2,1-7H3/t19-/m0/s1. The molecular formula is C25H37NO11. The molecular weight excluding hydrogens is 490 g/mol. The fourth-order valence-electron chi connectivity index (χ4n) is 2.72. The molecule has 1 atom stereocenters. The first-order valence-electron chi connectivity index (χ1n) is 11.9. The smallest absolute Gasteiger partial charge is 0.468 e. The summed E-state index contributed by atoms with van der Waals surface area (Å²) in [5, 5.41) is 2.95. The van der Waals surface area contributed by atoms with Crippen LogP contribution in [0.4, 0.5) is 14.4 Å². The summed E-state index contributed by atoms with van der Waals surface area (Å²) < 4.78 is 35.1. The minimum Gasteiger partial charge on any atom is -0.468 e. The van der Waals surface area contributed by atoms with Gasteiger partial charge in [-0.05, 0) is 57.7 Å². The molecule has 1 aromatic rings. The molecule has 208 valence electrons. The Balaban J connectivity index is 2.94. The number of esters is 1. The number of hydrogen-bond acceptors (Lipinski definition) is 12. The van der Waals surface area contributed by atoms with Gasteiger partial charge < -0.3 is 38.5 Å². The molecule has 1 rings (SSSR count). The van der Waals surface area contributed by atoms with Crippen LogP contribution in [0.25, 0.3) is 0 Å². The molecule has 0 spiro atoms. The number of benzene rings is 1. The Morgan fingerprint density at radius 3 is 1.95 bits per heavy atom. The lowest BCUT2D eigenvalue weighted by Crippen LogP contribution is -2.41. The summed E-state index contributed by atoms with van der Waals surface area (Å²) >= 11 is 0. The normalized spacial score (nSPS) is 11.6. The van der Waals surface area contributed by atoms with E-state index in [4.69, 9.17) is 33.2 Å². The van der Waals surface area contributed by atoms with Crippen LogP contribution in [0.15, 0.2) is 18.2 Å². The van der Waals surface area contributed by atoms with E-state index >= 15 is 0 Å². The van der Waals surface area contributed by atoms with Crippen molar-refractivity contribution < 1.29 is 52.3 Å². The van der Waals surface area contributed by atoms with E-state index in [1.807, 2.05) is 13.8 Å². The molecule has 0 fully saturated rings. The van der Waals surface area contributed by atoms with Crippen molar-refractivity contribution in [3.8, 4) is 11.5 Å². The zero-order valence-corrected chi connectivity index (χ0v) is 22.4. The lowest BCUT2D eigenvalue weighted by Gasteiger charge is -2.18. The summed E-state index contributed by atoms with van der Waals surface area (Å²) in [6, 6.07) is 3.58. The van der Waals surface area contributed by atoms with Crippen molar-refractivity contribution in [2.75, 3.05) is 26.9 Å². The molecule has 0 aliphatic rings. The van der Waals surface area contributed by atoms with Crippen molar-refractivity contribution >= 4 is 24.4 Å². The predicted octanol–water partition coefficient (Wildman–Crippen LogP) is 4.02. The molecule has 37 heavy (non-hydrogen) atoms. The Hall–Kier alpha value is -3.54. The highest BCUT2D eigenvalue weighted by Crippen LogP contribution is 2.30. The van der Waals surface area contributed by atoms with E-state index in [0.717, 1.165) is 0 Å². The molecule has 0 amide bonds. The highest BCUT2D eigenvalue weighted by atomic mass is 16.8. The Labute approximate surface area is 216 Å². The molecule has 0 bridgehead atoms. The zero-order chi connectivity index (χ0) is 28.0. The summed E-state index contributed by atoms with van der Waals surface area (Å²) in [7, 11) is 1.24. The maximum Gasteiger partial charge on any atom is 0.514 e. The van der Waals surface area contributed by atoms with Crippen molar-refractivity contribution in [3.05, 3.63) is 23.8 Å². The summed E-state index contributed by atoms with van der Waals surface area (Å²) in [4.78, 5) is 47.9. The molecule has 1 aromatic carbocycles. The van der Waals surface area contributed by atoms with Gasteiger partial charge in [0.2, 0.25) is 0 Å². The average molecular weight is 528 g/mol. The second-order valence-corrected chi connectivity index (χ2v) is 8.86. The Bertz CT molecular complexity index is 899. The van der Waals surface area contributed by atoms with Crippen LogP contribution in [0.1, 0.15) is 47.1 Å². The van der Waals surface area contributed by atoms with Gasteiger partial charge in [0.1, 0.15) is 12.6 Å². The second kappa shape index (κ2) is 16.3. The number of rotatable bonds is 13. The van der Waals surface area contributed by atoms with Crippen molar-refractivity contribution in [2.24, 2.45) is 5.92 Å². The molecule has 1 N–H and O–H groups in total. The molecule has 12 nitrogen and oxygen atoms in total. The molecule has 0 aliphatic heterocycles. The Kier molecular flexibility index (Phi) is 13.8. The first-order valence-corrected chi connectivity index (χ1v) is 11.9. The quantitative estimate of drug-likeness (QED) is 0.171. The molecule has 0 aromatic heterocycles. The van der Waals surface area contributed by atoms with Gasteiger partial charge in [0.05, 0.1) is 25.9 Å². The van der Waals surface area contributed by atoms with E-state index in [1.54, 1.807) is 33.8 Å². The predicted molar refractivity (Wildman–Crippen MR) is 131 cm³/mol. The van der Waals surface area contributed by atoms with Gasteiger partial charge >= 0.3 is 24.4 Å². The molecule has 0 radical (unpaired) electrons. The number of ether oxygens (including phenoxy) is 7. The number of carbonyl (C=O) groups is 4. The van der Waals surface area contributed by atoms with Crippen LogP contribution >= 0.6 is 0 Å². The molecule has 0 unspecified atom stereocenters. The molecule has 12 heteroatoms. The van der Waals surface area contributed by atoms with Crippen LogP contribution < -0.4 is 14.8 Å². The van der Waals surface area contributed by atoms with Crippen LogP contribution in [0, 0.1) is 5.92 Å². The van der Waals surface area contributed by atoms with Gasteiger partial charge in [-0.25, -0.2) is 14.4 Å². The Morgan fingerprint density at radius 2 is 1.41 bits per heavy atom. The van der Waals surface area contributed by atoms with Crippen molar-refractivity contribution in [1.29, 1.82) is 0 Å². The van der Waals surface area contributed by atoms with Gasteiger partial charge in [-0.1, -0.05) is 19.9 Å². The van der Waals surface area contributed by atoms with Crippen LogP contribution in [0.3, 0.4) is 0 Å². The monoisotopic (exact) mass is 527 g/mol. The first kappa shape index (κ1) is 31.5. The summed E-state index contributed by atoms with van der Waals surface area (Å²) in [5.74, 6) is -0.576. The highest BCUT2D eigenvalue weighted by Gasteiger charge is 2.22. The van der Waals surface area contributed by atoms with Gasteiger partial charge in [0.25, 0.3) is 0 Å². The molecule has 0 aliphatic carbocycles. The minimum absolute atomic E-state index is 0.0371. The van der Waals surface area contributed by atoms with Gasteiger partial charge in [-0.2, -0.15) is 0 Å². The molecule has 0 saturated carbocycles. The van der Waals surface area contributed by atoms with Gasteiger partial charge in [-0.15, -0.1) is 0 Å². The number of methoxy groups -OCH3 is 1. The van der Waals surface area contributed by atoms with Gasteiger partial charge in [-0.3, -0.25) is 4.79 Å². The van der Waals surface area contributed by atoms with E-state index in [2.05, 4.69) is 5.32 Å². The second-order valence-electron chi connectivity index (χ2n) is 8.86. The number of carbonyl (C=O) groups excluding carboxylic acids is 4. The maximum absolute atomic E-state index is 12.3. The van der Waals surface area contributed by atoms with Crippen LogP contribution in [0.5, 0.6) is 11.5 Å². The zero-order valence-electron chi connectivity index (χ0n) is 22.4. The topological polar surface area (TPSA) is 145 Å². The maximum atomic E-state index is 12.3. The largest absolute Gasteiger partial charge is 0.514 e. The minimum atomic E-state index is -1.00. The van der Waals surface area contributed by atoms with Crippen LogP contribution in [0.2, 0.25) is 0 Å². The third kappa shape index (κ3) is 13.4. The summed E-state index contributed by atoms with van der Waals surface area (Å²) in [5.41, 5.74) is 0.539. The lowest BCUT2D eigenvalue weighted by atomic mass is 10.1. The number of hydrogen-bond donors (Lipinski definition) is 1. The van der Waals surface area contributed by atoms with E-state index in [0.29, 0.717) is 5.56 Å². The van der Waals surface area contributed by atoms with E-state index < -0.39 is 42.7 Å². The molecule has 0 heterocycles. The average Bonchev–Trinajstić information content (AvgIpc) is 2.79. The highest BCUT2D eigenvalue weighted by molar-refractivity contribution is 5.76. The van der Waals surface area contributed by atoms with Crippen molar-refractivity contribution in [1.82, 2.24) is 5.32 Å². The van der Waals surface area contributed by atoms with E-state index in [-0.39, 0.29) is 43.6 Å². The van der Waals surface area contributed by atoms with E-state index in [1.165, 1.54) is 19.2 Å². The third-order valence-corrected chi connectivity index (χ3v) is 4.23. The van der Waals surface area contributed by atoms with Gasteiger partial charge in [0.15, 0.2) is 11.5 Å². The SMILES string of the molecule is COC(=O)[C@H](Cc1ccc(OC(=O)OC(C)C)c(OC(=O)OC(C)C)c1)NCCOC(=O)OCC(C)C. The lowest BCUT2D eigenvalue weighted by molar-refractivity contribution is -0.143. The van der Waals surface area contributed by atoms with Gasteiger partial charge in [0, 0.05) is 6.54 Å². The summed E-state index contributed by atoms with van der Waals surface area (Å²) in [6.07, 6.45) is -3.54. The fourth-order valence-corrected chi connectivity index (χ4v) is 2.72. The third-order valence-electron chi connectivity index (χ3n) is 4.23. The first-order chi connectivity index (χ1) is 17.4. The van der Waals surface area contributed by atoms with Crippen molar-refractivity contribution in [2.45, 2.75) is 66.2 Å².